The van der Waals surface area contributed by atoms with Crippen molar-refractivity contribution in [3.8, 4) is 0 Å². The molecule has 0 aliphatic rings. The van der Waals surface area contributed by atoms with E-state index in [0.717, 1.165) is 11.8 Å². The van der Waals surface area contributed by atoms with Gasteiger partial charge in [-0.2, -0.15) is 0 Å². The Morgan fingerprint density at radius 1 is 0.867 bits per heavy atom. The van der Waals surface area contributed by atoms with Crippen molar-refractivity contribution in [2.75, 3.05) is 0 Å². The van der Waals surface area contributed by atoms with E-state index in [2.05, 4.69) is 41.5 Å². The first-order valence-corrected chi connectivity index (χ1v) is 7.07. The average molecular weight is 212 g/mol. The Balaban J connectivity index is 4.41. The van der Waals surface area contributed by atoms with Crippen molar-refractivity contribution >= 4 is 0 Å². The minimum Gasteiger partial charge on any atom is -0.0654 e. The molecule has 0 aromatic carbocycles. The summed E-state index contributed by atoms with van der Waals surface area (Å²) < 4.78 is 0. The molecule has 2 atom stereocenters. The van der Waals surface area contributed by atoms with E-state index in [0.29, 0.717) is 5.41 Å². The van der Waals surface area contributed by atoms with Crippen LogP contribution in [0.15, 0.2) is 0 Å². The van der Waals surface area contributed by atoms with Crippen LogP contribution < -0.4 is 0 Å². The highest BCUT2D eigenvalue weighted by molar-refractivity contribution is 4.83. The fraction of sp³-hybridized carbons (Fsp3) is 1.00. The molecule has 0 N–H and O–H groups in total. The van der Waals surface area contributed by atoms with Crippen LogP contribution in [0.5, 0.6) is 0 Å². The average Bonchev–Trinajstić information content (AvgIpc) is 2.28. The molecule has 0 aromatic rings. The van der Waals surface area contributed by atoms with Gasteiger partial charge < -0.3 is 0 Å². The van der Waals surface area contributed by atoms with Crippen molar-refractivity contribution in [1.82, 2.24) is 0 Å². The molecule has 0 saturated carbocycles. The molecular weight excluding hydrogens is 180 g/mol. The molecule has 0 spiro atoms. The lowest BCUT2D eigenvalue weighted by atomic mass is 9.65. The van der Waals surface area contributed by atoms with E-state index in [4.69, 9.17) is 0 Å². The molecular formula is C15H32. The molecule has 0 nitrogen and oxygen atoms in total. The van der Waals surface area contributed by atoms with Gasteiger partial charge in [-0.25, -0.2) is 0 Å². The van der Waals surface area contributed by atoms with Gasteiger partial charge in [0.1, 0.15) is 0 Å². The van der Waals surface area contributed by atoms with Crippen LogP contribution in [0.1, 0.15) is 80.1 Å². The van der Waals surface area contributed by atoms with E-state index in [1.165, 1.54) is 38.5 Å². The van der Waals surface area contributed by atoms with Gasteiger partial charge in [-0.3, -0.25) is 0 Å². The Morgan fingerprint density at radius 3 is 1.67 bits per heavy atom. The molecule has 0 bridgehead atoms. The van der Waals surface area contributed by atoms with Crippen molar-refractivity contribution in [3.05, 3.63) is 0 Å². The largest absolute Gasteiger partial charge is 0.0654 e. The maximum atomic E-state index is 2.48. The van der Waals surface area contributed by atoms with Gasteiger partial charge in [-0.15, -0.1) is 0 Å². The molecule has 0 aliphatic heterocycles. The SMILES string of the molecule is CCCCC(C)C(C)C(CC)(CC)CC. The van der Waals surface area contributed by atoms with Crippen molar-refractivity contribution < 1.29 is 0 Å². The van der Waals surface area contributed by atoms with E-state index in [1.807, 2.05) is 0 Å². The molecule has 2 unspecified atom stereocenters. The summed E-state index contributed by atoms with van der Waals surface area (Å²) in [5.41, 5.74) is 0.604. The second-order valence-corrected chi connectivity index (χ2v) is 5.33. The highest BCUT2D eigenvalue weighted by Crippen LogP contribution is 2.43. The maximum Gasteiger partial charge on any atom is -0.0277 e. The molecule has 0 heterocycles. The zero-order valence-corrected chi connectivity index (χ0v) is 11.9. The summed E-state index contributed by atoms with van der Waals surface area (Å²) in [6.07, 6.45) is 8.19. The van der Waals surface area contributed by atoms with Crippen molar-refractivity contribution in [2.45, 2.75) is 80.1 Å². The van der Waals surface area contributed by atoms with Crippen molar-refractivity contribution in [3.63, 3.8) is 0 Å². The van der Waals surface area contributed by atoms with Gasteiger partial charge in [0.25, 0.3) is 0 Å². The Bertz CT molecular complexity index is 136. The lowest BCUT2D eigenvalue weighted by Gasteiger charge is -2.40. The molecule has 0 radical (unpaired) electrons. The normalized spacial score (nSPS) is 16.4. The van der Waals surface area contributed by atoms with Gasteiger partial charge in [0.15, 0.2) is 0 Å². The molecule has 0 fully saturated rings. The van der Waals surface area contributed by atoms with E-state index in [-0.39, 0.29) is 0 Å². The third kappa shape index (κ3) is 3.81. The Labute approximate surface area is 97.8 Å². The van der Waals surface area contributed by atoms with Gasteiger partial charge in [0.2, 0.25) is 0 Å². The first-order valence-electron chi connectivity index (χ1n) is 7.07. The highest BCUT2D eigenvalue weighted by Gasteiger charge is 2.33. The van der Waals surface area contributed by atoms with Crippen LogP contribution in [0.3, 0.4) is 0 Å². The first kappa shape index (κ1) is 15.0. The van der Waals surface area contributed by atoms with E-state index < -0.39 is 0 Å². The Kier molecular flexibility index (Phi) is 7.30. The number of rotatable bonds is 8. The van der Waals surface area contributed by atoms with Gasteiger partial charge in [0, 0.05) is 0 Å². The summed E-state index contributed by atoms with van der Waals surface area (Å²) in [6, 6.07) is 0. The number of unbranched alkanes of at least 4 members (excludes halogenated alkanes) is 1. The van der Waals surface area contributed by atoms with Crippen LogP contribution in [0.25, 0.3) is 0 Å². The van der Waals surface area contributed by atoms with Crippen LogP contribution in [0.2, 0.25) is 0 Å². The molecule has 0 heteroatoms. The lowest BCUT2D eigenvalue weighted by Crippen LogP contribution is -2.31. The van der Waals surface area contributed by atoms with E-state index in [1.54, 1.807) is 0 Å². The monoisotopic (exact) mass is 212 g/mol. The molecule has 0 rings (SSSR count). The number of hydrogen-bond acceptors (Lipinski definition) is 0. The van der Waals surface area contributed by atoms with Gasteiger partial charge in [-0.1, -0.05) is 80.1 Å². The van der Waals surface area contributed by atoms with Crippen LogP contribution in [-0.4, -0.2) is 0 Å². The predicted molar refractivity (Wildman–Crippen MR) is 71.2 cm³/mol. The minimum absolute atomic E-state index is 0.604. The topological polar surface area (TPSA) is 0 Å². The molecule has 0 aromatic heterocycles. The minimum atomic E-state index is 0.604. The summed E-state index contributed by atoms with van der Waals surface area (Å²) in [5.74, 6) is 1.77. The van der Waals surface area contributed by atoms with Crippen LogP contribution in [-0.2, 0) is 0 Å². The second kappa shape index (κ2) is 7.30. The predicted octanol–water partition coefficient (Wildman–Crippen LogP) is 5.67. The number of hydrogen-bond donors (Lipinski definition) is 0. The summed E-state index contributed by atoms with van der Waals surface area (Å²) in [4.78, 5) is 0. The zero-order valence-electron chi connectivity index (χ0n) is 11.9. The molecule has 92 valence electrons. The Hall–Kier alpha value is 0. The summed E-state index contributed by atoms with van der Waals surface area (Å²) in [6.45, 7) is 14.3. The van der Waals surface area contributed by atoms with E-state index in [9.17, 15) is 0 Å². The lowest BCUT2D eigenvalue weighted by molar-refractivity contribution is 0.0970. The first-order chi connectivity index (χ1) is 7.07. The fourth-order valence-electron chi connectivity index (χ4n) is 3.10. The highest BCUT2D eigenvalue weighted by atomic mass is 14.4. The zero-order chi connectivity index (χ0) is 11.9. The van der Waals surface area contributed by atoms with Crippen molar-refractivity contribution in [1.29, 1.82) is 0 Å². The fourth-order valence-corrected chi connectivity index (χ4v) is 3.10. The summed E-state index contributed by atoms with van der Waals surface area (Å²) >= 11 is 0. The third-order valence-corrected chi connectivity index (χ3v) is 4.94. The van der Waals surface area contributed by atoms with Crippen molar-refractivity contribution in [2.24, 2.45) is 17.3 Å². The summed E-state index contributed by atoms with van der Waals surface area (Å²) in [7, 11) is 0. The van der Waals surface area contributed by atoms with Crippen LogP contribution >= 0.6 is 0 Å². The maximum absolute atomic E-state index is 2.48. The molecule has 15 heavy (non-hydrogen) atoms. The second-order valence-electron chi connectivity index (χ2n) is 5.33. The standard InChI is InChI=1S/C15H32/c1-7-11-12-13(5)14(6)15(8-2,9-3)10-4/h13-14H,7-12H2,1-6H3. The molecule has 0 aliphatic carbocycles. The van der Waals surface area contributed by atoms with Gasteiger partial charge >= 0.3 is 0 Å². The molecule has 0 amide bonds. The van der Waals surface area contributed by atoms with Gasteiger partial charge in [0.05, 0.1) is 0 Å². The quantitative estimate of drug-likeness (QED) is 0.486. The van der Waals surface area contributed by atoms with Gasteiger partial charge in [-0.05, 0) is 17.3 Å². The van der Waals surface area contributed by atoms with Crippen LogP contribution in [0, 0.1) is 17.3 Å². The Morgan fingerprint density at radius 2 is 1.33 bits per heavy atom. The molecule has 0 saturated heterocycles. The smallest absolute Gasteiger partial charge is 0.0277 e. The van der Waals surface area contributed by atoms with E-state index >= 15 is 0 Å². The summed E-state index contributed by atoms with van der Waals surface area (Å²) in [5, 5.41) is 0. The van der Waals surface area contributed by atoms with Crippen LogP contribution in [0.4, 0.5) is 0 Å². The third-order valence-electron chi connectivity index (χ3n) is 4.94.